The Morgan fingerprint density at radius 1 is 1.41 bits per heavy atom. The summed E-state index contributed by atoms with van der Waals surface area (Å²) < 4.78 is 5.39. The van der Waals surface area contributed by atoms with E-state index in [4.69, 9.17) is 10.3 Å². The van der Waals surface area contributed by atoms with Crippen LogP contribution >= 0.6 is 0 Å². The molecule has 1 aliphatic heterocycles. The van der Waals surface area contributed by atoms with Crippen LogP contribution in [-0.2, 0) is 9.53 Å². The summed E-state index contributed by atoms with van der Waals surface area (Å²) in [6.07, 6.45) is 0.774. The van der Waals surface area contributed by atoms with E-state index >= 15 is 0 Å². The molecule has 1 fully saturated rings. The maximum atomic E-state index is 11.8. The van der Waals surface area contributed by atoms with Crippen LogP contribution in [0.3, 0.4) is 0 Å². The molecule has 0 amide bonds. The number of carbonyl (C=O) groups is 1. The van der Waals surface area contributed by atoms with E-state index in [1.165, 1.54) is 7.05 Å². The van der Waals surface area contributed by atoms with Crippen LogP contribution in [0.25, 0.3) is 10.4 Å². The lowest BCUT2D eigenvalue weighted by Crippen LogP contribution is -2.29. The third-order valence-corrected chi connectivity index (χ3v) is 4.21. The van der Waals surface area contributed by atoms with Crippen LogP contribution < -0.4 is 5.73 Å². The van der Waals surface area contributed by atoms with Gasteiger partial charge in [0.2, 0.25) is 0 Å². The second kappa shape index (κ2) is 10.4. The van der Waals surface area contributed by atoms with Crippen molar-refractivity contribution >= 4 is 5.97 Å². The summed E-state index contributed by atoms with van der Waals surface area (Å²) in [7, 11) is 1.50. The smallest absolute Gasteiger partial charge is 0.309 e. The van der Waals surface area contributed by atoms with Crippen molar-refractivity contribution in [2.24, 2.45) is 34.5 Å². The summed E-state index contributed by atoms with van der Waals surface area (Å²) in [5, 5.41) is 13.2. The molecule has 1 rings (SSSR count). The maximum absolute atomic E-state index is 11.8. The van der Waals surface area contributed by atoms with E-state index in [2.05, 4.69) is 15.8 Å². The Balaban J connectivity index is 0.00000211. The topological polar surface area (TPSA) is 121 Å². The highest BCUT2D eigenvalue weighted by molar-refractivity contribution is 5.75. The van der Waals surface area contributed by atoms with Crippen molar-refractivity contribution in [2.75, 3.05) is 13.7 Å². The molecule has 1 saturated heterocycles. The van der Waals surface area contributed by atoms with Crippen molar-refractivity contribution < 1.29 is 14.6 Å². The number of aliphatic hydroxyl groups excluding tert-OH is 1. The number of nitrogens with two attached hydrogens (primary N) is 1. The van der Waals surface area contributed by atoms with Crippen molar-refractivity contribution in [3.05, 3.63) is 10.4 Å². The van der Waals surface area contributed by atoms with Crippen LogP contribution in [0.4, 0.5) is 0 Å². The van der Waals surface area contributed by atoms with E-state index in [0.29, 0.717) is 12.8 Å². The average Bonchev–Trinajstić information content (AvgIpc) is 2.87. The number of ether oxygens (including phenoxy) is 1. The van der Waals surface area contributed by atoms with Gasteiger partial charge in [0.25, 0.3) is 0 Å². The van der Waals surface area contributed by atoms with Crippen molar-refractivity contribution in [3.8, 4) is 0 Å². The quantitative estimate of drug-likeness (QED) is 0.324. The lowest BCUT2D eigenvalue weighted by atomic mass is 9.85. The second-order valence-electron chi connectivity index (χ2n) is 6.26. The molecule has 0 bridgehead atoms. The molecule has 7 heteroatoms. The molecule has 128 valence electrons. The Morgan fingerprint density at radius 3 is 2.36 bits per heavy atom. The number of hydrogen-bond donors (Lipinski definition) is 2. The highest BCUT2D eigenvalue weighted by atomic mass is 16.6. The van der Waals surface area contributed by atoms with Crippen molar-refractivity contribution in [1.82, 2.24) is 0 Å². The highest BCUT2D eigenvalue weighted by Gasteiger charge is 2.40. The summed E-state index contributed by atoms with van der Waals surface area (Å²) in [5.74, 6) is 0.228. The first-order valence-corrected chi connectivity index (χ1v) is 7.84. The van der Waals surface area contributed by atoms with Crippen LogP contribution in [0.5, 0.6) is 0 Å². The molecule has 0 radical (unpaired) electrons. The molecule has 7 nitrogen and oxygen atoms in total. The van der Waals surface area contributed by atoms with E-state index in [0.717, 1.165) is 0 Å². The highest BCUT2D eigenvalue weighted by Crippen LogP contribution is 2.33. The Morgan fingerprint density at radius 2 is 2.00 bits per heavy atom. The van der Waals surface area contributed by atoms with Gasteiger partial charge in [0.1, 0.15) is 6.10 Å². The van der Waals surface area contributed by atoms with E-state index in [1.54, 1.807) is 0 Å². The predicted molar refractivity (Wildman–Crippen MR) is 85.9 cm³/mol. The van der Waals surface area contributed by atoms with E-state index in [9.17, 15) is 9.90 Å². The van der Waals surface area contributed by atoms with E-state index < -0.39 is 6.04 Å². The molecular weight excluding hydrogens is 284 g/mol. The fraction of sp³-hybridized carbons (Fsp3) is 0.933. The van der Waals surface area contributed by atoms with Gasteiger partial charge in [-0.1, -0.05) is 32.8 Å². The van der Waals surface area contributed by atoms with Crippen molar-refractivity contribution in [2.45, 2.75) is 52.7 Å². The largest absolute Gasteiger partial charge is 0.462 e. The number of cyclic esters (lactones) is 1. The van der Waals surface area contributed by atoms with Gasteiger partial charge < -0.3 is 15.6 Å². The Bertz CT molecular complexity index is 381. The van der Waals surface area contributed by atoms with Gasteiger partial charge in [-0.2, -0.15) is 0 Å². The summed E-state index contributed by atoms with van der Waals surface area (Å²) in [6, 6.07) is -0.396. The fourth-order valence-electron chi connectivity index (χ4n) is 2.62. The first-order chi connectivity index (χ1) is 10.4. The zero-order valence-electron chi connectivity index (χ0n) is 14.3. The SMILES string of the molecule is CC(C)[C@@H](CO)C[C@H](N=[N+]=[N-])[C@@H]1C[C@@H](C(C)C)C(=O)O1.CN. The summed E-state index contributed by atoms with van der Waals surface area (Å²) in [5.41, 5.74) is 13.2. The van der Waals surface area contributed by atoms with Gasteiger partial charge in [0.15, 0.2) is 0 Å². The summed E-state index contributed by atoms with van der Waals surface area (Å²) >= 11 is 0. The first-order valence-electron chi connectivity index (χ1n) is 7.84. The monoisotopic (exact) mass is 314 g/mol. The Kier molecular flexibility index (Phi) is 9.81. The van der Waals surface area contributed by atoms with Gasteiger partial charge in [0, 0.05) is 11.5 Å². The van der Waals surface area contributed by atoms with Crippen LogP contribution in [0.15, 0.2) is 5.11 Å². The number of hydrogen-bond acceptors (Lipinski definition) is 5. The van der Waals surface area contributed by atoms with E-state index in [1.807, 2.05) is 27.7 Å². The minimum atomic E-state index is -0.396. The molecule has 0 unspecified atom stereocenters. The molecule has 0 aromatic heterocycles. The van der Waals surface area contributed by atoms with Crippen LogP contribution in [-0.4, -0.2) is 36.9 Å². The van der Waals surface area contributed by atoms with Crippen molar-refractivity contribution in [3.63, 3.8) is 0 Å². The predicted octanol–water partition coefficient (Wildman–Crippen LogP) is 2.48. The standard InChI is InChI=1S/C14H25N3O3.CH5N/c1-8(2)10(7-18)5-12(16-17-15)13-6-11(9(3)4)14(19)20-13;1-2/h8-13,18H,5-7H2,1-4H3;2H2,1H3/t10-,11+,12+,13+;/m1./s1. The first kappa shape index (κ1) is 20.7. The number of nitrogens with zero attached hydrogens (tertiary/aromatic N) is 3. The molecule has 1 heterocycles. The normalized spacial score (nSPS) is 23.4. The molecule has 0 spiro atoms. The Hall–Kier alpha value is -1.30. The second-order valence-corrected chi connectivity index (χ2v) is 6.26. The number of rotatable bonds is 7. The van der Waals surface area contributed by atoms with Gasteiger partial charge in [-0.15, -0.1) is 0 Å². The van der Waals surface area contributed by atoms with Crippen LogP contribution in [0.1, 0.15) is 40.5 Å². The molecule has 3 N–H and O–H groups in total. The van der Waals surface area contributed by atoms with Crippen molar-refractivity contribution in [1.29, 1.82) is 0 Å². The maximum Gasteiger partial charge on any atom is 0.309 e. The van der Waals surface area contributed by atoms with E-state index in [-0.39, 0.29) is 42.4 Å². The van der Waals surface area contributed by atoms with Crippen LogP contribution in [0, 0.1) is 23.7 Å². The third-order valence-electron chi connectivity index (χ3n) is 4.21. The van der Waals surface area contributed by atoms with Gasteiger partial charge in [-0.05, 0) is 43.2 Å². The Labute approximate surface area is 132 Å². The molecule has 1 aliphatic rings. The number of aliphatic hydroxyl groups is 1. The number of esters is 1. The summed E-state index contributed by atoms with van der Waals surface area (Å²) in [4.78, 5) is 14.7. The lowest BCUT2D eigenvalue weighted by molar-refractivity contribution is -0.146. The molecule has 4 atom stereocenters. The molecule has 0 aromatic rings. The van der Waals surface area contributed by atoms with Gasteiger partial charge >= 0.3 is 5.97 Å². The molecular formula is C15H30N4O3. The zero-order valence-corrected chi connectivity index (χ0v) is 14.3. The third kappa shape index (κ3) is 5.83. The molecule has 22 heavy (non-hydrogen) atoms. The summed E-state index contributed by atoms with van der Waals surface area (Å²) in [6.45, 7) is 8.06. The van der Waals surface area contributed by atoms with Gasteiger partial charge in [-0.3, -0.25) is 4.79 Å². The van der Waals surface area contributed by atoms with Gasteiger partial charge in [0.05, 0.1) is 12.0 Å². The minimum Gasteiger partial charge on any atom is -0.462 e. The number of azide groups is 1. The van der Waals surface area contributed by atoms with Crippen LogP contribution in [0.2, 0.25) is 0 Å². The average molecular weight is 314 g/mol. The fourth-order valence-corrected chi connectivity index (χ4v) is 2.62. The lowest BCUT2D eigenvalue weighted by Gasteiger charge is -2.25. The zero-order chi connectivity index (χ0) is 17.3. The molecule has 0 saturated carbocycles. The molecule has 0 aromatic carbocycles. The van der Waals surface area contributed by atoms with Gasteiger partial charge in [-0.25, -0.2) is 0 Å². The molecule has 0 aliphatic carbocycles. The minimum absolute atomic E-state index is 0.0438. The number of carbonyl (C=O) groups excluding carboxylic acids is 1.